The fourth-order valence-electron chi connectivity index (χ4n) is 2.65. The minimum atomic E-state index is -1.20. The largest absolute Gasteiger partial charge is 0.617 e. The molecule has 24 heavy (non-hydrogen) atoms. The summed E-state index contributed by atoms with van der Waals surface area (Å²) in [5.74, 6) is 0.925. The Morgan fingerprint density at radius 2 is 1.88 bits per heavy atom. The molecule has 0 saturated heterocycles. The van der Waals surface area contributed by atoms with Crippen LogP contribution < -0.4 is 19.0 Å². The van der Waals surface area contributed by atoms with E-state index in [2.05, 4.69) is 0 Å². The lowest BCUT2D eigenvalue weighted by Crippen LogP contribution is -2.57. The van der Waals surface area contributed by atoms with E-state index in [1.807, 2.05) is 11.9 Å². The van der Waals surface area contributed by atoms with Gasteiger partial charge in [-0.3, -0.25) is 0 Å². The van der Waals surface area contributed by atoms with Crippen LogP contribution in [0.15, 0.2) is 42.5 Å². The smallest absolute Gasteiger partial charge is 0.526 e. The van der Waals surface area contributed by atoms with Crippen LogP contribution in [-0.2, 0) is 0 Å². The van der Waals surface area contributed by atoms with Crippen LogP contribution in [0.25, 0.3) is 0 Å². The molecule has 1 aliphatic heterocycles. The molecule has 0 aromatic heterocycles. The van der Waals surface area contributed by atoms with E-state index in [0.29, 0.717) is 23.0 Å². The first-order valence-corrected chi connectivity index (χ1v) is 7.78. The van der Waals surface area contributed by atoms with Gasteiger partial charge in [0.2, 0.25) is 0 Å². The van der Waals surface area contributed by atoms with Crippen LogP contribution in [0.2, 0.25) is 5.02 Å². The molecule has 0 spiro atoms. The number of amides is 1. The van der Waals surface area contributed by atoms with Crippen molar-refractivity contribution in [2.45, 2.75) is 0 Å². The van der Waals surface area contributed by atoms with Crippen molar-refractivity contribution in [3.63, 3.8) is 0 Å². The number of likely N-dealkylation sites (N-methyl/N-ethyl adjacent to an activating group) is 1. The Hall–Kier alpha value is -2.28. The number of quaternary nitrogens is 1. The number of hydrogen-bond acceptors (Lipinski definition) is 5. The van der Waals surface area contributed by atoms with Crippen LogP contribution in [0.1, 0.15) is 0 Å². The summed E-state index contributed by atoms with van der Waals surface area (Å²) in [6.45, 7) is 0.495. The van der Waals surface area contributed by atoms with Crippen molar-refractivity contribution in [3.8, 4) is 11.5 Å². The predicted molar refractivity (Wildman–Crippen MR) is 93.8 cm³/mol. The first-order chi connectivity index (χ1) is 11.4. The van der Waals surface area contributed by atoms with Crippen molar-refractivity contribution in [2.24, 2.45) is 0 Å². The van der Waals surface area contributed by atoms with Crippen LogP contribution in [0.5, 0.6) is 11.5 Å². The molecule has 0 N–H and O–H groups in total. The molecule has 6 nitrogen and oxygen atoms in total. The molecule has 7 heteroatoms. The minimum absolute atomic E-state index is 0.0544. The monoisotopic (exact) mass is 348 g/mol. The molecule has 0 bridgehead atoms. The molecule has 2 aromatic carbocycles. The van der Waals surface area contributed by atoms with Gasteiger partial charge < -0.3 is 19.6 Å². The van der Waals surface area contributed by atoms with Crippen molar-refractivity contribution in [2.75, 3.05) is 32.1 Å². The molecule has 1 amide bonds. The summed E-state index contributed by atoms with van der Waals surface area (Å²) in [4.78, 5) is 14.5. The van der Waals surface area contributed by atoms with Gasteiger partial charge in [0.25, 0.3) is 0 Å². The highest BCUT2D eigenvalue weighted by atomic mass is 35.5. The summed E-state index contributed by atoms with van der Waals surface area (Å²) in [5, 5.41) is 13.6. The molecule has 1 atom stereocenters. The lowest BCUT2D eigenvalue weighted by molar-refractivity contribution is 0.170. The van der Waals surface area contributed by atoms with Gasteiger partial charge in [0.1, 0.15) is 18.0 Å². The van der Waals surface area contributed by atoms with Gasteiger partial charge in [-0.15, -0.1) is 0 Å². The van der Waals surface area contributed by atoms with Crippen LogP contribution in [-0.4, -0.2) is 33.3 Å². The number of ether oxygens (including phenoxy) is 2. The third-order valence-electron chi connectivity index (χ3n) is 4.05. The molecular formula is C17H17ClN2O4. The Bertz CT molecular complexity index is 766. The molecule has 1 unspecified atom stereocenters. The number of hydrogen-bond donors (Lipinski definition) is 0. The van der Waals surface area contributed by atoms with Gasteiger partial charge in [-0.2, -0.15) is 4.79 Å². The fraction of sp³-hybridized carbons (Fsp3) is 0.235. The Kier molecular flexibility index (Phi) is 4.36. The van der Waals surface area contributed by atoms with Crippen molar-refractivity contribution < 1.29 is 14.3 Å². The lowest BCUT2D eigenvalue weighted by atomic mass is 10.1. The van der Waals surface area contributed by atoms with Crippen LogP contribution >= 0.6 is 11.6 Å². The number of nitrogens with zero attached hydrogens (tertiary/aromatic N) is 2. The maximum absolute atomic E-state index is 13.2. The molecule has 0 fully saturated rings. The highest BCUT2D eigenvalue weighted by Crippen LogP contribution is 2.39. The van der Waals surface area contributed by atoms with Gasteiger partial charge in [-0.05, 0) is 36.4 Å². The number of benzene rings is 2. The molecule has 1 heterocycles. The number of rotatable bonds is 2. The van der Waals surface area contributed by atoms with Crippen molar-refractivity contribution >= 4 is 29.1 Å². The second-order valence-corrected chi connectivity index (χ2v) is 6.00. The van der Waals surface area contributed by atoms with E-state index in [0.717, 1.165) is 0 Å². The summed E-state index contributed by atoms with van der Waals surface area (Å²) >= 11 is 6.02. The molecule has 0 saturated carbocycles. The van der Waals surface area contributed by atoms with Gasteiger partial charge in [-0.1, -0.05) is 11.6 Å². The standard InChI is InChI=1S/C17H17ClN2O4/c1-19-9-10-20(22,16-11-12(18)3-8-15(16)19)17(21)24-14-6-4-13(23-2)5-7-14/h3-8,11H,9-10H2,1-2H3. The third kappa shape index (κ3) is 2.91. The van der Waals surface area contributed by atoms with Gasteiger partial charge in [0, 0.05) is 18.1 Å². The third-order valence-corrected chi connectivity index (χ3v) is 4.28. The number of carbonyl (C=O) groups excluding carboxylic acids is 1. The quantitative estimate of drug-likeness (QED) is 0.610. The number of methoxy groups -OCH3 is 1. The van der Waals surface area contributed by atoms with E-state index in [4.69, 9.17) is 21.1 Å². The van der Waals surface area contributed by atoms with Gasteiger partial charge in [-0.25, -0.2) is 4.65 Å². The van der Waals surface area contributed by atoms with E-state index in [1.165, 1.54) is 6.07 Å². The highest BCUT2D eigenvalue weighted by molar-refractivity contribution is 6.31. The normalized spacial score (nSPS) is 19.6. The molecular weight excluding hydrogens is 332 g/mol. The molecule has 3 rings (SSSR count). The fourth-order valence-corrected chi connectivity index (χ4v) is 2.81. The average molecular weight is 349 g/mol. The maximum Gasteiger partial charge on any atom is 0.526 e. The molecule has 2 aromatic rings. The Morgan fingerprint density at radius 3 is 2.54 bits per heavy atom. The number of carbonyl (C=O) groups is 1. The molecule has 1 aliphatic rings. The van der Waals surface area contributed by atoms with E-state index >= 15 is 0 Å². The minimum Gasteiger partial charge on any atom is -0.617 e. The van der Waals surface area contributed by atoms with Crippen molar-refractivity contribution in [1.29, 1.82) is 0 Å². The number of halogens is 1. The number of hydroxylamine groups is 2. The topological polar surface area (TPSA) is 61.8 Å². The van der Waals surface area contributed by atoms with Gasteiger partial charge in [0.15, 0.2) is 5.69 Å². The predicted octanol–water partition coefficient (Wildman–Crippen LogP) is 3.80. The summed E-state index contributed by atoms with van der Waals surface area (Å²) in [5.41, 5.74) is 0.960. The van der Waals surface area contributed by atoms with Crippen molar-refractivity contribution in [1.82, 2.24) is 4.65 Å². The molecule has 126 valence electrons. The highest BCUT2D eigenvalue weighted by Gasteiger charge is 2.39. The maximum atomic E-state index is 13.2. The zero-order chi connectivity index (χ0) is 17.3. The van der Waals surface area contributed by atoms with E-state index in [-0.39, 0.29) is 18.0 Å². The van der Waals surface area contributed by atoms with Crippen LogP contribution in [0, 0.1) is 5.21 Å². The number of fused-ring (bicyclic) bond motifs is 1. The SMILES string of the molecule is COc1ccc(OC(=O)[N+]2([O-])CCN(C)c3ccc(Cl)cc32)cc1. The average Bonchev–Trinajstić information content (AvgIpc) is 2.59. The molecule has 0 aliphatic carbocycles. The summed E-state index contributed by atoms with van der Waals surface area (Å²) < 4.78 is 9.15. The van der Waals surface area contributed by atoms with E-state index in [1.54, 1.807) is 43.5 Å². The Balaban J connectivity index is 1.91. The van der Waals surface area contributed by atoms with Crippen LogP contribution in [0.3, 0.4) is 0 Å². The zero-order valence-corrected chi connectivity index (χ0v) is 14.1. The summed E-state index contributed by atoms with van der Waals surface area (Å²) in [6, 6.07) is 11.4. The Labute approximate surface area is 144 Å². The number of anilines is 1. The second-order valence-electron chi connectivity index (χ2n) is 5.56. The van der Waals surface area contributed by atoms with E-state index < -0.39 is 10.7 Å². The van der Waals surface area contributed by atoms with Gasteiger partial charge >= 0.3 is 6.09 Å². The lowest BCUT2D eigenvalue weighted by Gasteiger charge is -2.44. The van der Waals surface area contributed by atoms with Crippen LogP contribution in [0.4, 0.5) is 16.2 Å². The van der Waals surface area contributed by atoms with Crippen molar-refractivity contribution in [3.05, 3.63) is 52.7 Å². The zero-order valence-electron chi connectivity index (χ0n) is 13.4. The summed E-state index contributed by atoms with van der Waals surface area (Å²) in [7, 11) is 3.41. The van der Waals surface area contributed by atoms with E-state index in [9.17, 15) is 10.0 Å². The first-order valence-electron chi connectivity index (χ1n) is 7.41. The summed E-state index contributed by atoms with van der Waals surface area (Å²) in [6.07, 6.45) is -0.892. The first kappa shape index (κ1) is 16.6. The molecule has 0 radical (unpaired) electrons. The Morgan fingerprint density at radius 1 is 1.21 bits per heavy atom. The van der Waals surface area contributed by atoms with Gasteiger partial charge in [0.05, 0.1) is 19.3 Å². The second kappa shape index (κ2) is 6.32.